The van der Waals surface area contributed by atoms with Crippen LogP contribution in [0.3, 0.4) is 0 Å². The number of aromatic nitrogens is 1. The van der Waals surface area contributed by atoms with Crippen molar-refractivity contribution >= 4 is 10.9 Å². The van der Waals surface area contributed by atoms with Gasteiger partial charge in [0, 0.05) is 28.7 Å². The molecule has 1 N–H and O–H groups in total. The highest BCUT2D eigenvalue weighted by atomic mass is 16.3. The molecule has 2 nitrogen and oxygen atoms in total. The van der Waals surface area contributed by atoms with Gasteiger partial charge in [0.25, 0.3) is 0 Å². The average Bonchev–Trinajstić information content (AvgIpc) is 2.79. The Hall–Kier alpha value is -1.28. The van der Waals surface area contributed by atoms with Crippen LogP contribution >= 0.6 is 0 Å². The molecule has 0 aliphatic heterocycles. The Morgan fingerprint density at radius 1 is 1.17 bits per heavy atom. The van der Waals surface area contributed by atoms with Crippen LogP contribution in [0.5, 0.6) is 0 Å². The molecule has 1 aliphatic carbocycles. The number of para-hydroxylation sites is 1. The van der Waals surface area contributed by atoms with E-state index in [9.17, 15) is 5.11 Å². The molecule has 0 spiro atoms. The van der Waals surface area contributed by atoms with Crippen LogP contribution in [0.2, 0.25) is 0 Å². The van der Waals surface area contributed by atoms with Gasteiger partial charge in [-0.25, -0.2) is 0 Å². The first-order valence-electron chi connectivity index (χ1n) is 7.05. The standard InChI is InChI=1S/C16H21NO/c1-12(18)15-11-17(13-7-3-2-4-8-13)16-10-6-5-9-14(15)16/h5-6,9-13,18H,2-4,7-8H2,1H3. The van der Waals surface area contributed by atoms with Gasteiger partial charge in [-0.1, -0.05) is 37.5 Å². The second-order valence-corrected chi connectivity index (χ2v) is 5.48. The van der Waals surface area contributed by atoms with E-state index in [2.05, 4.69) is 35.0 Å². The zero-order valence-electron chi connectivity index (χ0n) is 11.0. The smallest absolute Gasteiger partial charge is 0.0782 e. The van der Waals surface area contributed by atoms with Crippen LogP contribution in [-0.4, -0.2) is 9.67 Å². The Bertz CT molecular complexity index is 535. The lowest BCUT2D eigenvalue weighted by Crippen LogP contribution is -2.11. The monoisotopic (exact) mass is 243 g/mol. The van der Waals surface area contributed by atoms with Gasteiger partial charge in [0.2, 0.25) is 0 Å². The highest BCUT2D eigenvalue weighted by Crippen LogP contribution is 2.34. The van der Waals surface area contributed by atoms with E-state index in [-0.39, 0.29) is 6.10 Å². The number of benzene rings is 1. The van der Waals surface area contributed by atoms with Crippen LogP contribution in [0.25, 0.3) is 10.9 Å². The maximum absolute atomic E-state index is 9.92. The first-order chi connectivity index (χ1) is 8.77. The Kier molecular flexibility index (Phi) is 3.13. The molecular formula is C16H21NO. The molecule has 1 fully saturated rings. The number of hydrogen-bond donors (Lipinski definition) is 1. The van der Waals surface area contributed by atoms with Gasteiger partial charge in [-0.15, -0.1) is 0 Å². The van der Waals surface area contributed by atoms with Crippen LogP contribution in [-0.2, 0) is 0 Å². The van der Waals surface area contributed by atoms with Gasteiger partial charge in [-0.2, -0.15) is 0 Å². The van der Waals surface area contributed by atoms with Gasteiger partial charge in [0.05, 0.1) is 6.10 Å². The molecule has 1 heterocycles. The zero-order chi connectivity index (χ0) is 12.5. The summed E-state index contributed by atoms with van der Waals surface area (Å²) in [5.41, 5.74) is 2.34. The van der Waals surface area contributed by atoms with Crippen LogP contribution < -0.4 is 0 Å². The van der Waals surface area contributed by atoms with Crippen molar-refractivity contribution < 1.29 is 5.11 Å². The molecular weight excluding hydrogens is 222 g/mol. The average molecular weight is 243 g/mol. The van der Waals surface area contributed by atoms with E-state index in [1.807, 2.05) is 6.92 Å². The fraction of sp³-hybridized carbons (Fsp3) is 0.500. The largest absolute Gasteiger partial charge is 0.389 e. The van der Waals surface area contributed by atoms with E-state index in [1.54, 1.807) is 0 Å². The molecule has 1 atom stereocenters. The summed E-state index contributed by atoms with van der Waals surface area (Å²) in [6.07, 6.45) is 8.38. The third-order valence-corrected chi connectivity index (χ3v) is 4.19. The Labute approximate surface area is 108 Å². The zero-order valence-corrected chi connectivity index (χ0v) is 11.0. The van der Waals surface area contributed by atoms with Gasteiger partial charge in [-0.05, 0) is 25.8 Å². The SMILES string of the molecule is CC(O)c1cn(C2CCCCC2)c2ccccc12. The molecule has 1 aromatic heterocycles. The highest BCUT2D eigenvalue weighted by molar-refractivity contribution is 5.84. The summed E-state index contributed by atoms with van der Waals surface area (Å²) in [5.74, 6) is 0. The molecule has 0 amide bonds. The molecule has 0 bridgehead atoms. The van der Waals surface area contributed by atoms with Crippen LogP contribution in [0.15, 0.2) is 30.5 Å². The normalized spacial score (nSPS) is 19.2. The lowest BCUT2D eigenvalue weighted by molar-refractivity contribution is 0.200. The van der Waals surface area contributed by atoms with Gasteiger partial charge in [-0.3, -0.25) is 0 Å². The summed E-state index contributed by atoms with van der Waals surface area (Å²) in [6.45, 7) is 1.85. The summed E-state index contributed by atoms with van der Waals surface area (Å²) >= 11 is 0. The lowest BCUT2D eigenvalue weighted by atomic mass is 9.95. The van der Waals surface area contributed by atoms with E-state index in [1.165, 1.54) is 43.0 Å². The molecule has 2 heteroatoms. The van der Waals surface area contributed by atoms with Gasteiger partial charge >= 0.3 is 0 Å². The van der Waals surface area contributed by atoms with E-state index < -0.39 is 0 Å². The van der Waals surface area contributed by atoms with Crippen molar-refractivity contribution in [3.63, 3.8) is 0 Å². The molecule has 1 saturated carbocycles. The number of aliphatic hydroxyl groups is 1. The summed E-state index contributed by atoms with van der Waals surface area (Å²) in [4.78, 5) is 0. The predicted octanol–water partition coefficient (Wildman–Crippen LogP) is 4.20. The number of nitrogens with zero attached hydrogens (tertiary/aromatic N) is 1. The number of aliphatic hydroxyl groups excluding tert-OH is 1. The molecule has 1 aliphatic rings. The Balaban J connectivity index is 2.10. The Morgan fingerprint density at radius 2 is 1.89 bits per heavy atom. The highest BCUT2D eigenvalue weighted by Gasteiger charge is 2.19. The van der Waals surface area contributed by atoms with E-state index in [0.717, 1.165) is 5.56 Å². The van der Waals surface area contributed by atoms with Crippen molar-refractivity contribution in [3.8, 4) is 0 Å². The third kappa shape index (κ3) is 1.95. The molecule has 2 aromatic rings. The van der Waals surface area contributed by atoms with Gasteiger partial charge < -0.3 is 9.67 Å². The van der Waals surface area contributed by atoms with Crippen molar-refractivity contribution in [2.45, 2.75) is 51.2 Å². The first-order valence-corrected chi connectivity index (χ1v) is 7.05. The van der Waals surface area contributed by atoms with E-state index >= 15 is 0 Å². The Morgan fingerprint density at radius 3 is 2.61 bits per heavy atom. The predicted molar refractivity (Wildman–Crippen MR) is 74.7 cm³/mol. The maximum Gasteiger partial charge on any atom is 0.0782 e. The summed E-state index contributed by atoms with van der Waals surface area (Å²) in [7, 11) is 0. The fourth-order valence-corrected chi connectivity index (χ4v) is 3.23. The second-order valence-electron chi connectivity index (χ2n) is 5.48. The quantitative estimate of drug-likeness (QED) is 0.840. The molecule has 18 heavy (non-hydrogen) atoms. The van der Waals surface area contributed by atoms with Gasteiger partial charge in [0.15, 0.2) is 0 Å². The minimum absolute atomic E-state index is 0.389. The third-order valence-electron chi connectivity index (χ3n) is 4.19. The molecule has 1 unspecified atom stereocenters. The maximum atomic E-state index is 9.92. The van der Waals surface area contributed by atoms with Crippen molar-refractivity contribution in [1.29, 1.82) is 0 Å². The van der Waals surface area contributed by atoms with Gasteiger partial charge in [0.1, 0.15) is 0 Å². The topological polar surface area (TPSA) is 25.2 Å². The molecule has 96 valence electrons. The summed E-state index contributed by atoms with van der Waals surface area (Å²) in [6, 6.07) is 9.07. The molecule has 1 aromatic carbocycles. The molecule has 3 rings (SSSR count). The number of rotatable bonds is 2. The first kappa shape index (κ1) is 11.8. The minimum atomic E-state index is -0.389. The summed E-state index contributed by atoms with van der Waals surface area (Å²) in [5, 5.41) is 11.1. The van der Waals surface area contributed by atoms with Crippen molar-refractivity contribution in [2.75, 3.05) is 0 Å². The second kappa shape index (κ2) is 4.77. The lowest BCUT2D eigenvalue weighted by Gasteiger charge is -2.24. The number of hydrogen-bond acceptors (Lipinski definition) is 1. The minimum Gasteiger partial charge on any atom is -0.389 e. The van der Waals surface area contributed by atoms with Crippen molar-refractivity contribution in [2.24, 2.45) is 0 Å². The fourth-order valence-electron chi connectivity index (χ4n) is 3.23. The van der Waals surface area contributed by atoms with E-state index in [0.29, 0.717) is 6.04 Å². The van der Waals surface area contributed by atoms with Crippen LogP contribution in [0.4, 0.5) is 0 Å². The number of fused-ring (bicyclic) bond motifs is 1. The van der Waals surface area contributed by atoms with Crippen molar-refractivity contribution in [3.05, 3.63) is 36.0 Å². The summed E-state index contributed by atoms with van der Waals surface area (Å²) < 4.78 is 2.40. The van der Waals surface area contributed by atoms with E-state index in [4.69, 9.17) is 0 Å². The molecule has 0 saturated heterocycles. The van der Waals surface area contributed by atoms with Crippen LogP contribution in [0.1, 0.15) is 56.7 Å². The molecule has 0 radical (unpaired) electrons. The van der Waals surface area contributed by atoms with Crippen LogP contribution in [0, 0.1) is 0 Å². The van der Waals surface area contributed by atoms with Crippen molar-refractivity contribution in [1.82, 2.24) is 4.57 Å².